The molecule has 0 atom stereocenters. The highest BCUT2D eigenvalue weighted by Gasteiger charge is 2.33. The average Bonchev–Trinajstić information content (AvgIpc) is 2.27. The molecule has 0 aliphatic carbocycles. The largest absolute Gasteiger partial charge is 0.493 e. The van der Waals surface area contributed by atoms with E-state index in [1.54, 1.807) is 0 Å². The first-order valence-corrected chi connectivity index (χ1v) is 7.66. The predicted molar refractivity (Wildman–Crippen MR) is 74.8 cm³/mol. The van der Waals surface area contributed by atoms with Crippen molar-refractivity contribution in [1.29, 1.82) is 0 Å². The second kappa shape index (κ2) is 5.90. The smallest absolute Gasteiger partial charge is 0.307 e. The van der Waals surface area contributed by atoms with Gasteiger partial charge in [0.25, 0.3) is 0 Å². The summed E-state index contributed by atoms with van der Waals surface area (Å²) in [6, 6.07) is 5.91. The van der Waals surface area contributed by atoms with Crippen molar-refractivity contribution >= 4 is 10.2 Å². The molecular formula is C14H21FO3S. The normalized spacial score (nSPS) is 12.5. The number of rotatable bonds is 6. The fraction of sp³-hybridized carbons (Fsp3) is 0.571. The molecule has 1 aromatic rings. The van der Waals surface area contributed by atoms with Crippen LogP contribution in [0.1, 0.15) is 37.8 Å². The first-order chi connectivity index (χ1) is 8.63. The zero-order valence-corrected chi connectivity index (χ0v) is 12.7. The van der Waals surface area contributed by atoms with Crippen molar-refractivity contribution in [1.82, 2.24) is 0 Å². The van der Waals surface area contributed by atoms with Gasteiger partial charge in [-0.2, -0.15) is 8.42 Å². The van der Waals surface area contributed by atoms with Crippen LogP contribution in [0.15, 0.2) is 18.2 Å². The van der Waals surface area contributed by atoms with Crippen LogP contribution >= 0.6 is 0 Å². The fourth-order valence-corrected chi connectivity index (χ4v) is 2.05. The third kappa shape index (κ3) is 4.49. The number of aryl methyl sites for hydroxylation is 2. The van der Waals surface area contributed by atoms with Crippen molar-refractivity contribution in [3.63, 3.8) is 0 Å². The summed E-state index contributed by atoms with van der Waals surface area (Å²) in [7, 11) is -4.52. The molecule has 1 rings (SSSR count). The van der Waals surface area contributed by atoms with Gasteiger partial charge in [-0.3, -0.25) is 0 Å². The van der Waals surface area contributed by atoms with Gasteiger partial charge in [-0.25, -0.2) is 0 Å². The highest BCUT2D eigenvalue weighted by atomic mass is 32.3. The molecule has 0 aliphatic rings. The molecule has 108 valence electrons. The third-order valence-corrected chi connectivity index (χ3v) is 4.71. The molecule has 0 aliphatic heterocycles. The van der Waals surface area contributed by atoms with E-state index in [0.717, 1.165) is 16.9 Å². The highest BCUT2D eigenvalue weighted by molar-refractivity contribution is 7.87. The van der Waals surface area contributed by atoms with Gasteiger partial charge in [0.05, 0.1) is 11.4 Å². The molecule has 0 heterocycles. The standard InChI is InChI=1S/C14H21FO3S/c1-11-6-7-12(2)13(10-11)18-9-5-8-14(3,4)19(15,16)17/h6-7,10H,5,8-9H2,1-4H3. The molecule has 19 heavy (non-hydrogen) atoms. The molecule has 3 nitrogen and oxygen atoms in total. The van der Waals surface area contributed by atoms with E-state index in [1.807, 2.05) is 32.0 Å². The molecule has 0 saturated heterocycles. The molecule has 0 N–H and O–H groups in total. The van der Waals surface area contributed by atoms with Crippen LogP contribution in [0.2, 0.25) is 0 Å². The van der Waals surface area contributed by atoms with Gasteiger partial charge in [0.15, 0.2) is 0 Å². The molecule has 0 saturated carbocycles. The van der Waals surface area contributed by atoms with E-state index in [1.165, 1.54) is 13.8 Å². The number of hydrogen-bond donors (Lipinski definition) is 0. The number of benzene rings is 1. The van der Waals surface area contributed by atoms with Crippen LogP contribution in [0.25, 0.3) is 0 Å². The Hall–Kier alpha value is -1.10. The maximum Gasteiger partial charge on any atom is 0.307 e. The summed E-state index contributed by atoms with van der Waals surface area (Å²) in [5, 5.41) is 0. The van der Waals surface area contributed by atoms with Crippen molar-refractivity contribution in [3.05, 3.63) is 29.3 Å². The van der Waals surface area contributed by atoms with Crippen LogP contribution in [0.4, 0.5) is 3.89 Å². The van der Waals surface area contributed by atoms with Gasteiger partial charge in [-0.05, 0) is 57.7 Å². The molecule has 1 aromatic carbocycles. The van der Waals surface area contributed by atoms with Gasteiger partial charge in [0, 0.05) is 0 Å². The average molecular weight is 288 g/mol. The lowest BCUT2D eigenvalue weighted by atomic mass is 10.1. The van der Waals surface area contributed by atoms with Crippen LogP contribution in [0.3, 0.4) is 0 Å². The molecule has 0 bridgehead atoms. The third-order valence-electron chi connectivity index (χ3n) is 3.18. The van der Waals surface area contributed by atoms with E-state index >= 15 is 0 Å². The summed E-state index contributed by atoms with van der Waals surface area (Å²) < 4.78 is 39.0. The van der Waals surface area contributed by atoms with E-state index < -0.39 is 15.0 Å². The second-order valence-corrected chi connectivity index (χ2v) is 7.40. The minimum absolute atomic E-state index is 0.233. The maximum absolute atomic E-state index is 13.0. The van der Waals surface area contributed by atoms with E-state index in [-0.39, 0.29) is 6.42 Å². The Balaban J connectivity index is 2.50. The number of ether oxygens (including phenoxy) is 1. The van der Waals surface area contributed by atoms with Crippen LogP contribution in [-0.4, -0.2) is 19.8 Å². The molecule has 0 fully saturated rings. The zero-order chi connectivity index (χ0) is 14.7. The first-order valence-electron chi connectivity index (χ1n) is 6.28. The molecule has 0 unspecified atom stereocenters. The molecule has 0 amide bonds. The van der Waals surface area contributed by atoms with Crippen LogP contribution in [0.5, 0.6) is 5.75 Å². The fourth-order valence-electron chi connectivity index (χ4n) is 1.66. The van der Waals surface area contributed by atoms with Crippen molar-refractivity contribution < 1.29 is 17.0 Å². The lowest BCUT2D eigenvalue weighted by Crippen LogP contribution is -2.28. The van der Waals surface area contributed by atoms with Crippen molar-refractivity contribution in [3.8, 4) is 5.75 Å². The van der Waals surface area contributed by atoms with Crippen molar-refractivity contribution in [2.24, 2.45) is 0 Å². The lowest BCUT2D eigenvalue weighted by Gasteiger charge is -2.19. The number of hydrogen-bond acceptors (Lipinski definition) is 3. The Kier molecular flexibility index (Phi) is 4.96. The highest BCUT2D eigenvalue weighted by Crippen LogP contribution is 2.25. The first kappa shape index (κ1) is 16.0. The minimum atomic E-state index is -4.52. The van der Waals surface area contributed by atoms with Crippen LogP contribution < -0.4 is 4.74 Å². The lowest BCUT2D eigenvalue weighted by molar-refractivity contribution is 0.296. The molecule has 0 aromatic heterocycles. The van der Waals surface area contributed by atoms with Gasteiger partial charge >= 0.3 is 10.2 Å². The Labute approximate surface area is 115 Å². The summed E-state index contributed by atoms with van der Waals surface area (Å²) in [4.78, 5) is 0. The monoisotopic (exact) mass is 288 g/mol. The van der Waals surface area contributed by atoms with Gasteiger partial charge in [-0.15, -0.1) is 3.89 Å². The quantitative estimate of drug-likeness (QED) is 0.594. The summed E-state index contributed by atoms with van der Waals surface area (Å²) in [5.74, 6) is 0.793. The topological polar surface area (TPSA) is 43.4 Å². The summed E-state index contributed by atoms with van der Waals surface area (Å²) >= 11 is 0. The summed E-state index contributed by atoms with van der Waals surface area (Å²) in [6.07, 6.45) is 0.722. The summed E-state index contributed by atoms with van der Waals surface area (Å²) in [6.45, 7) is 7.08. The predicted octanol–water partition coefficient (Wildman–Crippen LogP) is 3.54. The van der Waals surface area contributed by atoms with Crippen molar-refractivity contribution in [2.75, 3.05) is 6.61 Å². The van der Waals surface area contributed by atoms with Gasteiger partial charge < -0.3 is 4.74 Å². The van der Waals surface area contributed by atoms with Gasteiger partial charge in [-0.1, -0.05) is 12.1 Å². The van der Waals surface area contributed by atoms with Crippen molar-refractivity contribution in [2.45, 2.75) is 45.3 Å². The maximum atomic E-state index is 13.0. The Bertz CT molecular complexity index is 536. The van der Waals surface area contributed by atoms with Crippen LogP contribution in [-0.2, 0) is 10.2 Å². The van der Waals surface area contributed by atoms with Crippen LogP contribution in [0, 0.1) is 13.8 Å². The van der Waals surface area contributed by atoms with E-state index in [9.17, 15) is 12.3 Å². The van der Waals surface area contributed by atoms with E-state index in [4.69, 9.17) is 4.74 Å². The number of halogens is 1. The molecule has 0 spiro atoms. The van der Waals surface area contributed by atoms with E-state index in [2.05, 4.69) is 0 Å². The Morgan fingerprint density at radius 1 is 1.26 bits per heavy atom. The second-order valence-electron chi connectivity index (χ2n) is 5.42. The molecular weight excluding hydrogens is 267 g/mol. The zero-order valence-electron chi connectivity index (χ0n) is 11.9. The van der Waals surface area contributed by atoms with E-state index in [0.29, 0.717) is 13.0 Å². The molecule has 5 heteroatoms. The summed E-state index contributed by atoms with van der Waals surface area (Å²) in [5.41, 5.74) is 2.13. The Morgan fingerprint density at radius 3 is 2.47 bits per heavy atom. The molecule has 0 radical (unpaired) electrons. The Morgan fingerprint density at radius 2 is 1.89 bits per heavy atom. The minimum Gasteiger partial charge on any atom is -0.493 e. The van der Waals surface area contributed by atoms with Gasteiger partial charge in [0.1, 0.15) is 5.75 Å². The van der Waals surface area contributed by atoms with Gasteiger partial charge in [0.2, 0.25) is 0 Å². The SMILES string of the molecule is Cc1ccc(C)c(OCCCC(C)(C)S(=O)(=O)F)c1.